The van der Waals surface area contributed by atoms with Crippen LogP contribution in [0.1, 0.15) is 34.1 Å². The van der Waals surface area contributed by atoms with Crippen LogP contribution >= 0.6 is 22.9 Å². The third kappa shape index (κ3) is 4.75. The molecule has 8 heteroatoms. The van der Waals surface area contributed by atoms with E-state index in [4.69, 9.17) is 22.1 Å². The first-order chi connectivity index (χ1) is 13.8. The lowest BCUT2D eigenvalue weighted by Crippen LogP contribution is -2.23. The van der Waals surface area contributed by atoms with Crippen molar-refractivity contribution in [3.05, 3.63) is 69.2 Å². The molecule has 150 valence electrons. The normalized spacial score (nSPS) is 10.6. The minimum Gasteiger partial charge on any atom is -0.486 e. The van der Waals surface area contributed by atoms with Crippen molar-refractivity contribution in [2.45, 2.75) is 27.4 Å². The molecule has 0 aliphatic heterocycles. The Kier molecular flexibility index (Phi) is 6.20. The number of ether oxygens (including phenoxy) is 1. The first kappa shape index (κ1) is 20.8. The SMILES string of the molecule is CC(=O)N(c1nc(COc2ccc(Cl)cc2C(N)=O)cs1)c1ccc(C)cc1C. The van der Waals surface area contributed by atoms with Crippen LogP contribution < -0.4 is 15.4 Å². The van der Waals surface area contributed by atoms with Gasteiger partial charge in [0, 0.05) is 17.3 Å². The summed E-state index contributed by atoms with van der Waals surface area (Å²) in [7, 11) is 0. The molecular weight excluding hydrogens is 410 g/mol. The molecule has 0 saturated heterocycles. The number of aryl methyl sites for hydroxylation is 2. The second kappa shape index (κ2) is 8.63. The van der Waals surface area contributed by atoms with E-state index in [0.29, 0.717) is 21.6 Å². The maximum absolute atomic E-state index is 12.3. The first-order valence-electron chi connectivity index (χ1n) is 8.80. The number of hydrogen-bond acceptors (Lipinski definition) is 5. The van der Waals surface area contributed by atoms with Crippen LogP contribution in [0.5, 0.6) is 5.75 Å². The highest BCUT2D eigenvalue weighted by molar-refractivity contribution is 7.14. The zero-order valence-electron chi connectivity index (χ0n) is 16.2. The van der Waals surface area contributed by atoms with Crippen molar-refractivity contribution < 1.29 is 14.3 Å². The van der Waals surface area contributed by atoms with E-state index in [-0.39, 0.29) is 18.1 Å². The summed E-state index contributed by atoms with van der Waals surface area (Å²) in [6.07, 6.45) is 0. The van der Waals surface area contributed by atoms with Crippen LogP contribution in [0.4, 0.5) is 10.8 Å². The van der Waals surface area contributed by atoms with Crippen LogP contribution in [0.15, 0.2) is 41.8 Å². The number of halogens is 1. The molecule has 2 aromatic carbocycles. The second-order valence-corrected chi connectivity index (χ2v) is 7.83. The van der Waals surface area contributed by atoms with Gasteiger partial charge in [-0.25, -0.2) is 4.98 Å². The molecule has 3 aromatic rings. The number of amides is 2. The Morgan fingerprint density at radius 2 is 1.97 bits per heavy atom. The van der Waals surface area contributed by atoms with Crippen molar-refractivity contribution in [1.82, 2.24) is 4.98 Å². The lowest BCUT2D eigenvalue weighted by Gasteiger charge is -2.20. The monoisotopic (exact) mass is 429 g/mol. The van der Waals surface area contributed by atoms with E-state index >= 15 is 0 Å². The Bertz CT molecular complexity index is 1080. The van der Waals surface area contributed by atoms with Crippen LogP contribution in [0, 0.1) is 13.8 Å². The molecule has 0 spiro atoms. The summed E-state index contributed by atoms with van der Waals surface area (Å²) in [5.41, 5.74) is 9.12. The zero-order valence-corrected chi connectivity index (χ0v) is 17.8. The van der Waals surface area contributed by atoms with Gasteiger partial charge in [-0.2, -0.15) is 0 Å². The molecular formula is C21H20ClN3O3S. The predicted molar refractivity (Wildman–Crippen MR) is 115 cm³/mol. The Labute approximate surface area is 177 Å². The predicted octanol–water partition coefficient (Wildman–Crippen LogP) is 4.78. The summed E-state index contributed by atoms with van der Waals surface area (Å²) in [5.74, 6) is -0.430. The molecule has 0 aliphatic carbocycles. The van der Waals surface area contributed by atoms with Gasteiger partial charge in [-0.15, -0.1) is 11.3 Å². The quantitative estimate of drug-likeness (QED) is 0.611. The average Bonchev–Trinajstić information content (AvgIpc) is 3.10. The highest BCUT2D eigenvalue weighted by Gasteiger charge is 2.20. The van der Waals surface area contributed by atoms with Crippen LogP contribution in [0.25, 0.3) is 0 Å². The minimum absolute atomic E-state index is 0.122. The van der Waals surface area contributed by atoms with Gasteiger partial charge in [-0.3, -0.25) is 14.5 Å². The number of hydrogen-bond donors (Lipinski definition) is 1. The molecule has 2 N–H and O–H groups in total. The highest BCUT2D eigenvalue weighted by atomic mass is 35.5. The number of nitrogens with two attached hydrogens (primary N) is 1. The maximum Gasteiger partial charge on any atom is 0.252 e. The summed E-state index contributed by atoms with van der Waals surface area (Å²) in [6.45, 7) is 5.59. The minimum atomic E-state index is -0.626. The van der Waals surface area contributed by atoms with E-state index < -0.39 is 5.91 Å². The van der Waals surface area contributed by atoms with E-state index in [1.54, 1.807) is 17.0 Å². The molecule has 3 rings (SSSR count). The molecule has 0 atom stereocenters. The largest absolute Gasteiger partial charge is 0.486 e. The number of rotatable bonds is 6. The molecule has 0 fully saturated rings. The van der Waals surface area contributed by atoms with E-state index in [1.807, 2.05) is 37.4 Å². The third-order valence-corrected chi connectivity index (χ3v) is 5.33. The van der Waals surface area contributed by atoms with Gasteiger partial charge < -0.3 is 10.5 Å². The van der Waals surface area contributed by atoms with Gasteiger partial charge in [0.15, 0.2) is 5.13 Å². The van der Waals surface area contributed by atoms with E-state index in [0.717, 1.165) is 16.8 Å². The number of anilines is 2. The summed E-state index contributed by atoms with van der Waals surface area (Å²) >= 11 is 7.26. The van der Waals surface area contributed by atoms with Gasteiger partial charge >= 0.3 is 0 Å². The second-order valence-electron chi connectivity index (χ2n) is 6.56. The summed E-state index contributed by atoms with van der Waals surface area (Å²) in [4.78, 5) is 30.0. The smallest absolute Gasteiger partial charge is 0.252 e. The fraction of sp³-hybridized carbons (Fsp3) is 0.190. The van der Waals surface area contributed by atoms with Crippen molar-refractivity contribution in [2.75, 3.05) is 4.90 Å². The molecule has 1 heterocycles. The number of thiazole rings is 1. The summed E-state index contributed by atoms with van der Waals surface area (Å²) in [6, 6.07) is 10.6. The van der Waals surface area contributed by atoms with Crippen LogP contribution in [-0.4, -0.2) is 16.8 Å². The maximum atomic E-state index is 12.3. The van der Waals surface area contributed by atoms with E-state index in [1.165, 1.54) is 24.3 Å². The Balaban J connectivity index is 1.83. The van der Waals surface area contributed by atoms with Crippen molar-refractivity contribution in [3.8, 4) is 5.75 Å². The van der Waals surface area contributed by atoms with E-state index in [9.17, 15) is 9.59 Å². The summed E-state index contributed by atoms with van der Waals surface area (Å²) in [5, 5.41) is 2.76. The number of nitrogens with zero attached hydrogens (tertiary/aromatic N) is 2. The molecule has 0 bridgehead atoms. The standard InChI is InChI=1S/C21H20ClN3O3S/c1-12-4-6-18(13(2)8-12)25(14(3)26)21-24-16(11-29-21)10-28-19-7-5-15(22)9-17(19)20(23)27/h4-9,11H,10H2,1-3H3,(H2,23,27). The highest BCUT2D eigenvalue weighted by Crippen LogP contribution is 2.32. The molecule has 29 heavy (non-hydrogen) atoms. The van der Waals surface area contributed by atoms with Gasteiger partial charge in [-0.05, 0) is 43.7 Å². The van der Waals surface area contributed by atoms with Crippen LogP contribution in [0.3, 0.4) is 0 Å². The molecule has 1 aromatic heterocycles. The fourth-order valence-electron chi connectivity index (χ4n) is 2.90. The fourth-order valence-corrected chi connectivity index (χ4v) is 3.94. The van der Waals surface area contributed by atoms with Gasteiger partial charge in [-0.1, -0.05) is 29.3 Å². The van der Waals surface area contributed by atoms with Crippen molar-refractivity contribution >= 4 is 45.6 Å². The number of carbonyl (C=O) groups is 2. The summed E-state index contributed by atoms with van der Waals surface area (Å²) < 4.78 is 5.72. The molecule has 0 aliphatic rings. The molecule has 0 unspecified atom stereocenters. The third-order valence-electron chi connectivity index (χ3n) is 4.22. The zero-order chi connectivity index (χ0) is 21.1. The molecule has 0 radical (unpaired) electrons. The number of carbonyl (C=O) groups excluding carboxylic acids is 2. The van der Waals surface area contributed by atoms with Gasteiger partial charge in [0.1, 0.15) is 12.4 Å². The number of aromatic nitrogens is 1. The topological polar surface area (TPSA) is 85.5 Å². The van der Waals surface area contributed by atoms with E-state index in [2.05, 4.69) is 4.98 Å². The van der Waals surface area contributed by atoms with Crippen molar-refractivity contribution in [3.63, 3.8) is 0 Å². The molecule has 0 saturated carbocycles. The number of primary amides is 1. The van der Waals surface area contributed by atoms with Crippen molar-refractivity contribution in [2.24, 2.45) is 5.73 Å². The van der Waals surface area contributed by atoms with Crippen molar-refractivity contribution in [1.29, 1.82) is 0 Å². The van der Waals surface area contributed by atoms with Gasteiger partial charge in [0.25, 0.3) is 5.91 Å². The average molecular weight is 430 g/mol. The van der Waals surface area contributed by atoms with Crippen LogP contribution in [0.2, 0.25) is 5.02 Å². The lowest BCUT2D eigenvalue weighted by molar-refractivity contribution is -0.115. The number of benzene rings is 2. The molecule has 2 amide bonds. The lowest BCUT2D eigenvalue weighted by atomic mass is 10.1. The molecule has 6 nitrogen and oxygen atoms in total. The Morgan fingerprint density at radius 3 is 2.62 bits per heavy atom. The van der Waals surface area contributed by atoms with Gasteiger partial charge in [0.05, 0.1) is 16.9 Å². The van der Waals surface area contributed by atoms with Gasteiger partial charge in [0.2, 0.25) is 5.91 Å². The van der Waals surface area contributed by atoms with Crippen LogP contribution in [-0.2, 0) is 11.4 Å². The first-order valence-corrected chi connectivity index (χ1v) is 10.1. The Hall–Kier alpha value is -2.90. The Morgan fingerprint density at radius 1 is 1.21 bits per heavy atom.